The van der Waals surface area contributed by atoms with Gasteiger partial charge in [-0.25, -0.2) is 13.1 Å². The van der Waals surface area contributed by atoms with E-state index in [2.05, 4.69) is 9.62 Å². The highest BCUT2D eigenvalue weighted by Crippen LogP contribution is 2.16. The average molecular weight is 287 g/mol. The van der Waals surface area contributed by atoms with E-state index in [1.54, 1.807) is 11.6 Å². The Labute approximate surface area is 114 Å². The highest BCUT2D eigenvalue weighted by Gasteiger charge is 2.24. The molecule has 0 bridgehead atoms. The van der Waals surface area contributed by atoms with Gasteiger partial charge in [0.1, 0.15) is 0 Å². The van der Waals surface area contributed by atoms with Crippen LogP contribution in [-0.2, 0) is 23.7 Å². The van der Waals surface area contributed by atoms with Crippen LogP contribution in [-0.4, -0.2) is 49.2 Å². The number of hydrogen-bond acceptors (Lipinski definition) is 4. The summed E-state index contributed by atoms with van der Waals surface area (Å²) in [6.07, 6.45) is 3.39. The number of likely N-dealkylation sites (tertiary alicyclic amines) is 1. The summed E-state index contributed by atoms with van der Waals surface area (Å²) in [4.78, 5) is 2.34. The molecule has 0 amide bonds. The molecule has 2 N–H and O–H groups in total. The van der Waals surface area contributed by atoms with E-state index >= 15 is 0 Å². The van der Waals surface area contributed by atoms with Gasteiger partial charge in [-0.05, 0) is 32.5 Å². The molecule has 1 aromatic heterocycles. The average Bonchev–Trinajstić information content (AvgIpc) is 2.71. The van der Waals surface area contributed by atoms with Crippen LogP contribution in [0, 0.1) is 0 Å². The highest BCUT2D eigenvalue weighted by molar-refractivity contribution is 7.89. The van der Waals surface area contributed by atoms with Crippen molar-refractivity contribution in [2.45, 2.75) is 30.4 Å². The molecule has 1 aromatic rings. The first-order chi connectivity index (χ1) is 8.92. The van der Waals surface area contributed by atoms with E-state index in [1.165, 1.54) is 12.3 Å². The van der Waals surface area contributed by atoms with E-state index in [4.69, 9.17) is 5.11 Å². The van der Waals surface area contributed by atoms with Crippen molar-refractivity contribution in [1.29, 1.82) is 0 Å². The standard InChI is InChI=1S/C12H21N3O3S/c1-14-5-3-4-10(7-14)13-19(17,18)12-6-11(9-16)15(2)8-12/h6,8,10,13,16H,3-5,7,9H2,1-2H3. The minimum Gasteiger partial charge on any atom is -0.390 e. The molecule has 1 aliphatic rings. The van der Waals surface area contributed by atoms with Gasteiger partial charge in [0.25, 0.3) is 0 Å². The smallest absolute Gasteiger partial charge is 0.242 e. The van der Waals surface area contributed by atoms with Crippen molar-refractivity contribution in [3.8, 4) is 0 Å². The maximum absolute atomic E-state index is 12.3. The summed E-state index contributed by atoms with van der Waals surface area (Å²) in [7, 11) is 0.210. The minimum absolute atomic E-state index is 0.0402. The summed E-state index contributed by atoms with van der Waals surface area (Å²) in [5, 5.41) is 9.11. The topological polar surface area (TPSA) is 74.6 Å². The molecule has 1 saturated heterocycles. The number of aliphatic hydroxyl groups excluding tert-OH is 1. The molecule has 6 nitrogen and oxygen atoms in total. The number of likely N-dealkylation sites (N-methyl/N-ethyl adjacent to an activating group) is 1. The molecular weight excluding hydrogens is 266 g/mol. The summed E-state index contributed by atoms with van der Waals surface area (Å²) in [5.41, 5.74) is 0.584. The molecule has 1 aliphatic heterocycles. The molecule has 1 fully saturated rings. The third kappa shape index (κ3) is 3.36. The number of nitrogens with one attached hydrogen (secondary N) is 1. The highest BCUT2D eigenvalue weighted by atomic mass is 32.2. The largest absolute Gasteiger partial charge is 0.390 e. The van der Waals surface area contributed by atoms with Gasteiger partial charge in [0.05, 0.1) is 11.5 Å². The molecular formula is C12H21N3O3S. The van der Waals surface area contributed by atoms with E-state index < -0.39 is 10.0 Å². The third-order valence-corrected chi connectivity index (χ3v) is 4.99. The summed E-state index contributed by atoms with van der Waals surface area (Å²) >= 11 is 0. The SMILES string of the molecule is CN1CCCC(NS(=O)(=O)c2cc(CO)n(C)c2)C1. The fraction of sp³-hybridized carbons (Fsp3) is 0.667. The number of hydrogen-bond donors (Lipinski definition) is 2. The maximum atomic E-state index is 12.3. The lowest BCUT2D eigenvalue weighted by atomic mass is 10.1. The normalized spacial score (nSPS) is 21.7. The van der Waals surface area contributed by atoms with Crippen LogP contribution in [0.25, 0.3) is 0 Å². The van der Waals surface area contributed by atoms with Gasteiger partial charge in [0.15, 0.2) is 0 Å². The van der Waals surface area contributed by atoms with Crippen molar-refractivity contribution in [2.75, 3.05) is 20.1 Å². The van der Waals surface area contributed by atoms with Crippen molar-refractivity contribution in [3.63, 3.8) is 0 Å². The van der Waals surface area contributed by atoms with Crippen molar-refractivity contribution in [1.82, 2.24) is 14.2 Å². The Hall–Kier alpha value is -0.890. The monoisotopic (exact) mass is 287 g/mol. The van der Waals surface area contributed by atoms with Crippen LogP contribution < -0.4 is 4.72 Å². The van der Waals surface area contributed by atoms with Crippen molar-refractivity contribution in [3.05, 3.63) is 18.0 Å². The van der Waals surface area contributed by atoms with Gasteiger partial charge < -0.3 is 14.6 Å². The zero-order valence-electron chi connectivity index (χ0n) is 11.3. The molecule has 0 spiro atoms. The van der Waals surface area contributed by atoms with Crippen LogP contribution in [0.3, 0.4) is 0 Å². The predicted molar refractivity (Wildman–Crippen MR) is 72.2 cm³/mol. The minimum atomic E-state index is -3.50. The summed E-state index contributed by atoms with van der Waals surface area (Å²) in [6.45, 7) is 1.58. The van der Waals surface area contributed by atoms with Crippen LogP contribution in [0.4, 0.5) is 0 Å². The van der Waals surface area contributed by atoms with Crippen LogP contribution in [0.1, 0.15) is 18.5 Å². The zero-order valence-corrected chi connectivity index (χ0v) is 12.2. The number of aliphatic hydroxyl groups is 1. The Bertz CT molecular complexity index is 538. The van der Waals surface area contributed by atoms with Crippen molar-refractivity contribution >= 4 is 10.0 Å². The van der Waals surface area contributed by atoms with Crippen molar-refractivity contribution in [2.24, 2.45) is 7.05 Å². The number of rotatable bonds is 4. The molecule has 2 rings (SSSR count). The molecule has 1 atom stereocenters. The maximum Gasteiger partial charge on any atom is 0.242 e. The number of aromatic nitrogens is 1. The second-order valence-corrected chi connectivity index (χ2v) is 6.87. The van der Waals surface area contributed by atoms with Gasteiger partial charge in [0.2, 0.25) is 10.0 Å². The molecule has 108 valence electrons. The molecule has 7 heteroatoms. The Balaban J connectivity index is 2.13. The second-order valence-electron chi connectivity index (χ2n) is 5.16. The number of sulfonamides is 1. The van der Waals surface area contributed by atoms with Crippen LogP contribution in [0.15, 0.2) is 17.2 Å². The van der Waals surface area contributed by atoms with E-state index in [-0.39, 0.29) is 17.5 Å². The number of aryl methyl sites for hydroxylation is 1. The summed E-state index contributed by atoms with van der Waals surface area (Å²) in [5.74, 6) is 0. The van der Waals surface area contributed by atoms with E-state index in [1.807, 2.05) is 7.05 Å². The van der Waals surface area contributed by atoms with Crippen LogP contribution in [0.2, 0.25) is 0 Å². The van der Waals surface area contributed by atoms with Crippen LogP contribution in [0.5, 0.6) is 0 Å². The second kappa shape index (κ2) is 5.62. The first-order valence-electron chi connectivity index (χ1n) is 6.39. The van der Waals surface area contributed by atoms with Gasteiger partial charge in [-0.15, -0.1) is 0 Å². The molecule has 0 saturated carbocycles. The predicted octanol–water partition coefficient (Wildman–Crippen LogP) is -0.110. The molecule has 1 unspecified atom stereocenters. The Morgan fingerprint density at radius 3 is 2.79 bits per heavy atom. The van der Waals surface area contributed by atoms with Gasteiger partial charge in [-0.3, -0.25) is 0 Å². The Morgan fingerprint density at radius 1 is 1.47 bits per heavy atom. The number of nitrogens with zero attached hydrogens (tertiary/aromatic N) is 2. The zero-order chi connectivity index (χ0) is 14.0. The first kappa shape index (κ1) is 14.5. The third-order valence-electron chi connectivity index (χ3n) is 3.50. The molecule has 0 aliphatic carbocycles. The van der Waals surface area contributed by atoms with Gasteiger partial charge in [0, 0.05) is 31.5 Å². The molecule has 0 radical (unpaired) electrons. The van der Waals surface area contributed by atoms with E-state index in [0.29, 0.717) is 5.69 Å². The molecule has 0 aromatic carbocycles. The van der Waals surface area contributed by atoms with Gasteiger partial charge >= 0.3 is 0 Å². The van der Waals surface area contributed by atoms with E-state index in [9.17, 15) is 8.42 Å². The lowest BCUT2D eigenvalue weighted by Gasteiger charge is -2.29. The Kier molecular flexibility index (Phi) is 4.29. The van der Waals surface area contributed by atoms with Crippen molar-refractivity contribution < 1.29 is 13.5 Å². The van der Waals surface area contributed by atoms with Gasteiger partial charge in [-0.1, -0.05) is 0 Å². The summed E-state index contributed by atoms with van der Waals surface area (Å²) < 4.78 is 28.9. The Morgan fingerprint density at radius 2 is 2.21 bits per heavy atom. The fourth-order valence-corrected chi connectivity index (χ4v) is 3.79. The first-order valence-corrected chi connectivity index (χ1v) is 7.87. The summed E-state index contributed by atoms with van der Waals surface area (Å²) in [6, 6.07) is 1.47. The molecule has 19 heavy (non-hydrogen) atoms. The van der Waals surface area contributed by atoms with Crippen LogP contribution >= 0.6 is 0 Å². The van der Waals surface area contributed by atoms with E-state index in [0.717, 1.165) is 25.9 Å². The quantitative estimate of drug-likeness (QED) is 0.810. The lowest BCUT2D eigenvalue weighted by Crippen LogP contribution is -2.46. The van der Waals surface area contributed by atoms with Gasteiger partial charge in [-0.2, -0.15) is 0 Å². The number of piperidine rings is 1. The molecule has 2 heterocycles. The lowest BCUT2D eigenvalue weighted by molar-refractivity contribution is 0.242. The fourth-order valence-electron chi connectivity index (χ4n) is 2.43.